The van der Waals surface area contributed by atoms with Crippen LogP contribution in [0.4, 0.5) is 0 Å². The van der Waals surface area contributed by atoms with Crippen molar-refractivity contribution in [3.8, 4) is 23.0 Å². The SMILES string of the molecule is CCCCCCCCCCCCCCCOc1ccc(/C=C/C(=O)Oc2ccc(C(=O)CC(=O)c3ccc(OC(=O)/C=C/c4ccc(OCCCCCCCCCCCCCCC)cc4)cc3)cc2)cc1. The Labute approximate surface area is 427 Å². The number of rotatable bonds is 40. The van der Waals surface area contributed by atoms with E-state index in [1.165, 1.54) is 215 Å². The molecule has 71 heavy (non-hydrogen) atoms. The Morgan fingerprint density at radius 1 is 0.338 bits per heavy atom. The largest absolute Gasteiger partial charge is 0.494 e. The summed E-state index contributed by atoms with van der Waals surface area (Å²) in [6.07, 6.45) is 40.0. The molecule has 384 valence electrons. The summed E-state index contributed by atoms with van der Waals surface area (Å²) < 4.78 is 22.7. The van der Waals surface area contributed by atoms with Gasteiger partial charge in [-0.1, -0.05) is 192 Å². The molecule has 0 aliphatic rings. The van der Waals surface area contributed by atoms with Gasteiger partial charge < -0.3 is 18.9 Å². The topological polar surface area (TPSA) is 105 Å². The van der Waals surface area contributed by atoms with Crippen LogP contribution in [-0.2, 0) is 9.59 Å². The fraction of sp³-hybridized carbons (Fsp3) is 0.492. The summed E-state index contributed by atoms with van der Waals surface area (Å²) in [5.74, 6) is 0.294. The fourth-order valence-corrected chi connectivity index (χ4v) is 8.37. The lowest BCUT2D eigenvalue weighted by atomic mass is 10.0. The molecule has 0 bridgehead atoms. The van der Waals surface area contributed by atoms with E-state index in [9.17, 15) is 19.2 Å². The Morgan fingerprint density at radius 3 is 0.901 bits per heavy atom. The van der Waals surface area contributed by atoms with Crippen molar-refractivity contribution in [2.45, 2.75) is 187 Å². The minimum Gasteiger partial charge on any atom is -0.494 e. The molecule has 0 aliphatic carbocycles. The molecule has 0 heterocycles. The molecular weight excluding hydrogens is 885 g/mol. The third-order valence-corrected chi connectivity index (χ3v) is 12.7. The first-order valence-corrected chi connectivity index (χ1v) is 27.3. The smallest absolute Gasteiger partial charge is 0.336 e. The Kier molecular flexibility index (Phi) is 30.2. The first-order chi connectivity index (χ1) is 34.8. The number of benzene rings is 4. The van der Waals surface area contributed by atoms with Crippen LogP contribution < -0.4 is 18.9 Å². The summed E-state index contributed by atoms with van der Waals surface area (Å²) in [7, 11) is 0. The number of carbonyl (C=O) groups is 4. The van der Waals surface area contributed by atoms with Crippen molar-refractivity contribution in [2.75, 3.05) is 13.2 Å². The number of esters is 2. The minimum atomic E-state index is -0.558. The van der Waals surface area contributed by atoms with E-state index in [1.807, 2.05) is 48.5 Å². The number of hydrogen-bond acceptors (Lipinski definition) is 8. The summed E-state index contributed by atoms with van der Waals surface area (Å²) >= 11 is 0. The molecule has 4 aromatic carbocycles. The van der Waals surface area contributed by atoms with Crippen molar-refractivity contribution in [3.05, 3.63) is 131 Å². The summed E-state index contributed by atoms with van der Waals surface area (Å²) in [6.45, 7) is 5.92. The maximum atomic E-state index is 13.0. The van der Waals surface area contributed by atoms with E-state index >= 15 is 0 Å². The van der Waals surface area contributed by atoms with Gasteiger partial charge in [-0.15, -0.1) is 0 Å². The van der Waals surface area contributed by atoms with Crippen molar-refractivity contribution in [2.24, 2.45) is 0 Å². The molecule has 0 atom stereocenters. The zero-order valence-electron chi connectivity index (χ0n) is 43.3. The lowest BCUT2D eigenvalue weighted by Crippen LogP contribution is -2.09. The van der Waals surface area contributed by atoms with Crippen molar-refractivity contribution < 1.29 is 38.1 Å². The number of Topliss-reactive ketones (excluding diaryl/α,β-unsaturated/α-hetero) is 2. The molecule has 0 radical (unpaired) electrons. The molecule has 0 spiro atoms. The molecule has 4 aromatic rings. The summed E-state index contributed by atoms with van der Waals surface area (Å²) in [6, 6.07) is 27.4. The van der Waals surface area contributed by atoms with Gasteiger partial charge in [-0.05, 0) is 109 Å². The highest BCUT2D eigenvalue weighted by Crippen LogP contribution is 2.21. The second kappa shape index (κ2) is 37.1. The normalized spacial score (nSPS) is 11.3. The third kappa shape index (κ3) is 26.9. The van der Waals surface area contributed by atoms with Crippen LogP contribution in [-0.4, -0.2) is 36.7 Å². The van der Waals surface area contributed by atoms with E-state index in [4.69, 9.17) is 18.9 Å². The van der Waals surface area contributed by atoms with Crippen molar-refractivity contribution in [1.29, 1.82) is 0 Å². The molecule has 0 amide bonds. The number of unbranched alkanes of at least 4 members (excludes halogenated alkanes) is 24. The van der Waals surface area contributed by atoms with Crippen LogP contribution in [0.3, 0.4) is 0 Å². The number of ether oxygens (including phenoxy) is 4. The van der Waals surface area contributed by atoms with Crippen molar-refractivity contribution >= 4 is 35.7 Å². The number of hydrogen-bond donors (Lipinski definition) is 0. The monoisotopic (exact) mass is 969 g/mol. The predicted octanol–water partition coefficient (Wildman–Crippen LogP) is 17.3. The maximum Gasteiger partial charge on any atom is 0.336 e. The average Bonchev–Trinajstić information content (AvgIpc) is 3.38. The highest BCUT2D eigenvalue weighted by Gasteiger charge is 2.15. The third-order valence-electron chi connectivity index (χ3n) is 12.7. The van der Waals surface area contributed by atoms with Crippen LogP contribution in [0, 0.1) is 0 Å². The van der Waals surface area contributed by atoms with Gasteiger partial charge in [0.2, 0.25) is 0 Å². The van der Waals surface area contributed by atoms with Gasteiger partial charge in [0.25, 0.3) is 0 Å². The van der Waals surface area contributed by atoms with Gasteiger partial charge in [-0.25, -0.2) is 9.59 Å². The van der Waals surface area contributed by atoms with E-state index in [1.54, 1.807) is 12.2 Å². The maximum absolute atomic E-state index is 13.0. The molecule has 0 aliphatic heterocycles. The summed E-state index contributed by atoms with van der Waals surface area (Å²) in [4.78, 5) is 51.0. The lowest BCUT2D eigenvalue weighted by Gasteiger charge is -2.07. The zero-order chi connectivity index (χ0) is 50.4. The quantitative estimate of drug-likeness (QED) is 0.0108. The number of ketones is 2. The minimum absolute atomic E-state index is 0.275. The molecule has 0 fully saturated rings. The molecule has 4 rings (SSSR count). The van der Waals surface area contributed by atoms with E-state index in [0.717, 1.165) is 35.5 Å². The first-order valence-electron chi connectivity index (χ1n) is 27.3. The zero-order valence-corrected chi connectivity index (χ0v) is 43.3. The van der Waals surface area contributed by atoms with Gasteiger partial charge in [0, 0.05) is 23.3 Å². The van der Waals surface area contributed by atoms with E-state index in [0.29, 0.717) is 24.3 Å². The van der Waals surface area contributed by atoms with Gasteiger partial charge >= 0.3 is 11.9 Å². The first kappa shape index (κ1) is 57.8. The average molecular weight is 969 g/mol. The number of carbonyl (C=O) groups excluding carboxylic acids is 4. The highest BCUT2D eigenvalue weighted by atomic mass is 16.5. The molecular formula is C63H84O8. The Morgan fingerprint density at radius 2 is 0.606 bits per heavy atom. The molecule has 8 heteroatoms. The molecule has 8 nitrogen and oxygen atoms in total. The van der Waals surface area contributed by atoms with Crippen LogP contribution >= 0.6 is 0 Å². The van der Waals surface area contributed by atoms with Crippen LogP contribution in [0.25, 0.3) is 12.2 Å². The summed E-state index contributed by atoms with van der Waals surface area (Å²) in [5.41, 5.74) is 2.30. The van der Waals surface area contributed by atoms with Crippen LogP contribution in [0.1, 0.15) is 219 Å². The highest BCUT2D eigenvalue weighted by molar-refractivity contribution is 6.13. The van der Waals surface area contributed by atoms with Gasteiger partial charge in [-0.2, -0.15) is 0 Å². The Hall–Kier alpha value is -5.76. The van der Waals surface area contributed by atoms with E-state index in [-0.39, 0.29) is 29.5 Å². The second-order valence-electron chi connectivity index (χ2n) is 18.9. The van der Waals surface area contributed by atoms with E-state index < -0.39 is 11.9 Å². The van der Waals surface area contributed by atoms with Crippen LogP contribution in [0.5, 0.6) is 23.0 Å². The molecule has 0 saturated heterocycles. The van der Waals surface area contributed by atoms with Gasteiger partial charge in [-0.3, -0.25) is 9.59 Å². The summed E-state index contributed by atoms with van der Waals surface area (Å²) in [5, 5.41) is 0. The van der Waals surface area contributed by atoms with Crippen LogP contribution in [0.15, 0.2) is 109 Å². The fourth-order valence-electron chi connectivity index (χ4n) is 8.37. The lowest BCUT2D eigenvalue weighted by molar-refractivity contribution is -0.129. The van der Waals surface area contributed by atoms with Gasteiger partial charge in [0.05, 0.1) is 19.6 Å². The standard InChI is InChI=1S/C63H84O8/c1-3-5-7-9-11-13-15-17-19-21-23-25-27-49-68-56-39-29-52(30-40-56)33-47-62(66)70-58-43-35-54(36-44-58)60(64)51-61(65)55-37-45-59(46-38-55)71-63(67)48-34-53-31-41-57(42-32-53)69-50-28-26-24-22-20-18-16-14-12-10-8-6-4-2/h29-48H,3-28,49-51H2,1-2H3/b47-33+,48-34+. The van der Waals surface area contributed by atoms with Crippen molar-refractivity contribution in [1.82, 2.24) is 0 Å². The molecule has 0 unspecified atom stereocenters. The van der Waals surface area contributed by atoms with Crippen LogP contribution in [0.2, 0.25) is 0 Å². The van der Waals surface area contributed by atoms with E-state index in [2.05, 4.69) is 13.8 Å². The molecule has 0 aromatic heterocycles. The van der Waals surface area contributed by atoms with Gasteiger partial charge in [0.1, 0.15) is 23.0 Å². The van der Waals surface area contributed by atoms with Gasteiger partial charge in [0.15, 0.2) is 11.6 Å². The Balaban J connectivity index is 1.04. The Bertz CT molecular complexity index is 1960. The predicted molar refractivity (Wildman–Crippen MR) is 291 cm³/mol. The molecule has 0 N–H and O–H groups in total. The van der Waals surface area contributed by atoms with Crippen molar-refractivity contribution in [3.63, 3.8) is 0 Å². The second-order valence-corrected chi connectivity index (χ2v) is 18.9. The molecule has 0 saturated carbocycles.